The van der Waals surface area contributed by atoms with E-state index in [0.29, 0.717) is 24.4 Å². The van der Waals surface area contributed by atoms with Crippen molar-refractivity contribution >= 4 is 17.5 Å². The Labute approximate surface area is 158 Å². The van der Waals surface area contributed by atoms with Crippen LogP contribution in [0.15, 0.2) is 48.5 Å². The van der Waals surface area contributed by atoms with Gasteiger partial charge in [-0.3, -0.25) is 14.5 Å². The van der Waals surface area contributed by atoms with E-state index in [9.17, 15) is 9.59 Å². The van der Waals surface area contributed by atoms with E-state index in [1.54, 1.807) is 31.3 Å². The normalized spacial score (nSPS) is 15.3. The Morgan fingerprint density at radius 2 is 1.93 bits per heavy atom. The summed E-state index contributed by atoms with van der Waals surface area (Å²) in [4.78, 5) is 25.8. The molecule has 0 bridgehead atoms. The van der Waals surface area contributed by atoms with Gasteiger partial charge in [0.25, 0.3) is 5.91 Å². The third kappa shape index (κ3) is 4.98. The van der Waals surface area contributed by atoms with E-state index in [0.717, 1.165) is 11.5 Å². The van der Waals surface area contributed by atoms with Gasteiger partial charge < -0.3 is 20.1 Å². The summed E-state index contributed by atoms with van der Waals surface area (Å²) in [5.74, 6) is 1.10. The second-order valence-corrected chi connectivity index (χ2v) is 6.40. The zero-order valence-corrected chi connectivity index (χ0v) is 15.4. The van der Waals surface area contributed by atoms with Crippen molar-refractivity contribution in [2.24, 2.45) is 0 Å². The van der Waals surface area contributed by atoms with Crippen molar-refractivity contribution in [2.75, 3.05) is 39.1 Å². The lowest BCUT2D eigenvalue weighted by atomic mass is 10.2. The number of benzene rings is 2. The smallest absolute Gasteiger partial charge is 0.251 e. The molecule has 2 aromatic rings. The Bertz CT molecular complexity index is 824. The molecule has 2 aromatic carbocycles. The van der Waals surface area contributed by atoms with Crippen molar-refractivity contribution in [3.63, 3.8) is 0 Å². The second kappa shape index (κ2) is 8.55. The average Bonchev–Trinajstić information content (AvgIpc) is 2.67. The lowest BCUT2D eigenvalue weighted by molar-refractivity contribution is -0.117. The van der Waals surface area contributed by atoms with Gasteiger partial charge in [-0.2, -0.15) is 0 Å². The molecule has 7 heteroatoms. The van der Waals surface area contributed by atoms with Gasteiger partial charge in [-0.1, -0.05) is 18.2 Å². The molecule has 1 atom stereocenters. The summed E-state index contributed by atoms with van der Waals surface area (Å²) in [5.41, 5.74) is 1.08. The molecule has 0 spiro atoms. The van der Waals surface area contributed by atoms with Gasteiger partial charge in [0.05, 0.1) is 6.54 Å². The van der Waals surface area contributed by atoms with Gasteiger partial charge in [-0.05, 0) is 37.4 Å². The molecular weight excluding hydrogens is 346 g/mol. The fourth-order valence-electron chi connectivity index (χ4n) is 2.89. The van der Waals surface area contributed by atoms with Crippen molar-refractivity contribution in [3.05, 3.63) is 54.1 Å². The first-order chi connectivity index (χ1) is 13.0. The largest absolute Gasteiger partial charge is 0.486 e. The lowest BCUT2D eigenvalue weighted by Gasteiger charge is -2.29. The molecule has 142 valence electrons. The van der Waals surface area contributed by atoms with Crippen LogP contribution >= 0.6 is 0 Å². The first-order valence-electron chi connectivity index (χ1n) is 8.74. The molecule has 0 unspecified atom stereocenters. The van der Waals surface area contributed by atoms with Crippen LogP contribution in [-0.2, 0) is 4.79 Å². The molecule has 0 saturated carbocycles. The van der Waals surface area contributed by atoms with Crippen molar-refractivity contribution in [1.82, 2.24) is 10.2 Å². The second-order valence-electron chi connectivity index (χ2n) is 6.40. The van der Waals surface area contributed by atoms with Gasteiger partial charge in [0, 0.05) is 24.8 Å². The molecule has 2 N–H and O–H groups in total. The molecule has 3 rings (SSSR count). The Balaban J connectivity index is 1.50. The summed E-state index contributed by atoms with van der Waals surface area (Å²) in [7, 11) is 3.42. The minimum Gasteiger partial charge on any atom is -0.486 e. The van der Waals surface area contributed by atoms with Crippen LogP contribution in [0.1, 0.15) is 10.4 Å². The molecule has 1 heterocycles. The summed E-state index contributed by atoms with van der Waals surface area (Å²) in [6, 6.07) is 14.4. The highest BCUT2D eigenvalue weighted by molar-refractivity contribution is 5.97. The van der Waals surface area contributed by atoms with Crippen LogP contribution in [0.2, 0.25) is 0 Å². The Kier molecular flexibility index (Phi) is 5.93. The molecule has 1 aliphatic heterocycles. The lowest BCUT2D eigenvalue weighted by Crippen LogP contribution is -2.42. The third-order valence-corrected chi connectivity index (χ3v) is 4.13. The van der Waals surface area contributed by atoms with Crippen molar-refractivity contribution in [3.8, 4) is 11.5 Å². The molecule has 0 fully saturated rings. The Hall–Kier alpha value is -3.06. The maximum atomic E-state index is 12.3. The number of hydrogen-bond acceptors (Lipinski definition) is 5. The number of para-hydroxylation sites is 2. The van der Waals surface area contributed by atoms with Crippen molar-refractivity contribution in [1.29, 1.82) is 0 Å². The summed E-state index contributed by atoms with van der Waals surface area (Å²) in [6.07, 6.45) is -0.144. The SMILES string of the molecule is CNC(=O)c1cccc(NC(=O)CN(C)C[C@H]2COc3ccccc3O2)c1. The summed E-state index contributed by atoms with van der Waals surface area (Å²) >= 11 is 0. The number of hydrogen-bond donors (Lipinski definition) is 2. The maximum absolute atomic E-state index is 12.3. The van der Waals surface area contributed by atoms with Crippen LogP contribution in [0.5, 0.6) is 11.5 Å². The number of nitrogens with zero attached hydrogens (tertiary/aromatic N) is 1. The number of nitrogens with one attached hydrogen (secondary N) is 2. The van der Waals surface area contributed by atoms with E-state index < -0.39 is 0 Å². The highest BCUT2D eigenvalue weighted by Gasteiger charge is 2.22. The molecule has 1 aliphatic rings. The zero-order chi connectivity index (χ0) is 19.2. The third-order valence-electron chi connectivity index (χ3n) is 4.13. The molecule has 0 aliphatic carbocycles. The minimum atomic E-state index is -0.196. The van der Waals surface area contributed by atoms with E-state index in [4.69, 9.17) is 9.47 Å². The Morgan fingerprint density at radius 1 is 1.15 bits per heavy atom. The van der Waals surface area contributed by atoms with Crippen LogP contribution in [0, 0.1) is 0 Å². The monoisotopic (exact) mass is 369 g/mol. The van der Waals surface area contributed by atoms with Crippen LogP contribution in [0.4, 0.5) is 5.69 Å². The molecule has 0 radical (unpaired) electrons. The number of amides is 2. The van der Waals surface area contributed by atoms with Crippen LogP contribution < -0.4 is 20.1 Å². The van der Waals surface area contributed by atoms with E-state index in [1.165, 1.54) is 0 Å². The fraction of sp³-hybridized carbons (Fsp3) is 0.300. The number of anilines is 1. The maximum Gasteiger partial charge on any atom is 0.251 e. The number of carbonyl (C=O) groups excluding carboxylic acids is 2. The predicted octanol–water partition coefficient (Wildman–Crippen LogP) is 1.76. The number of ether oxygens (including phenoxy) is 2. The van der Waals surface area contributed by atoms with Gasteiger partial charge in [-0.25, -0.2) is 0 Å². The van der Waals surface area contributed by atoms with Crippen LogP contribution in [0.3, 0.4) is 0 Å². The van der Waals surface area contributed by atoms with Gasteiger partial charge in [0.15, 0.2) is 11.5 Å². The summed E-state index contributed by atoms with van der Waals surface area (Å²) in [5, 5.41) is 5.37. The minimum absolute atomic E-state index is 0.144. The molecular formula is C20H23N3O4. The summed E-state index contributed by atoms with van der Waals surface area (Å²) < 4.78 is 11.6. The number of carbonyl (C=O) groups is 2. The van der Waals surface area contributed by atoms with Gasteiger partial charge >= 0.3 is 0 Å². The van der Waals surface area contributed by atoms with E-state index in [-0.39, 0.29) is 24.5 Å². The highest BCUT2D eigenvalue weighted by atomic mass is 16.6. The number of rotatable bonds is 6. The van der Waals surface area contributed by atoms with Gasteiger partial charge in [0.2, 0.25) is 5.91 Å². The van der Waals surface area contributed by atoms with Gasteiger partial charge in [-0.15, -0.1) is 0 Å². The molecule has 7 nitrogen and oxygen atoms in total. The molecule has 0 aromatic heterocycles. The first kappa shape index (κ1) is 18.7. The average molecular weight is 369 g/mol. The molecule has 0 saturated heterocycles. The quantitative estimate of drug-likeness (QED) is 0.811. The number of likely N-dealkylation sites (N-methyl/N-ethyl adjacent to an activating group) is 1. The highest BCUT2D eigenvalue weighted by Crippen LogP contribution is 2.30. The van der Waals surface area contributed by atoms with Crippen LogP contribution in [-0.4, -0.2) is 56.6 Å². The van der Waals surface area contributed by atoms with Crippen molar-refractivity contribution < 1.29 is 19.1 Å². The predicted molar refractivity (Wildman–Crippen MR) is 102 cm³/mol. The zero-order valence-electron chi connectivity index (χ0n) is 15.4. The van der Waals surface area contributed by atoms with Gasteiger partial charge in [0.1, 0.15) is 12.7 Å². The first-order valence-corrected chi connectivity index (χ1v) is 8.74. The van der Waals surface area contributed by atoms with Crippen molar-refractivity contribution in [2.45, 2.75) is 6.10 Å². The van der Waals surface area contributed by atoms with E-state index in [1.807, 2.05) is 36.2 Å². The standard InChI is InChI=1S/C20H23N3O4/c1-21-20(25)14-6-5-7-15(10-14)22-19(24)12-23(2)11-16-13-26-17-8-3-4-9-18(17)27-16/h3-10,16H,11-13H2,1-2H3,(H,21,25)(H,22,24)/t16-/m0/s1. The van der Waals surface area contributed by atoms with Crippen LogP contribution in [0.25, 0.3) is 0 Å². The molecule has 27 heavy (non-hydrogen) atoms. The topological polar surface area (TPSA) is 79.9 Å². The molecule has 2 amide bonds. The van der Waals surface area contributed by atoms with E-state index >= 15 is 0 Å². The van der Waals surface area contributed by atoms with E-state index in [2.05, 4.69) is 10.6 Å². The summed E-state index contributed by atoms with van der Waals surface area (Å²) in [6.45, 7) is 1.20. The number of fused-ring (bicyclic) bond motifs is 1. The Morgan fingerprint density at radius 3 is 2.70 bits per heavy atom. The fourth-order valence-corrected chi connectivity index (χ4v) is 2.89.